The van der Waals surface area contributed by atoms with E-state index >= 15 is 0 Å². The molecule has 0 aromatic heterocycles. The molecule has 2 unspecified atom stereocenters. The van der Waals surface area contributed by atoms with Crippen molar-refractivity contribution in [2.75, 3.05) is 13.1 Å². The van der Waals surface area contributed by atoms with Crippen LogP contribution in [0.3, 0.4) is 0 Å². The van der Waals surface area contributed by atoms with Crippen LogP contribution in [-0.4, -0.2) is 29.9 Å². The summed E-state index contributed by atoms with van der Waals surface area (Å²) in [5.41, 5.74) is 5.46. The van der Waals surface area contributed by atoms with Crippen molar-refractivity contribution in [3.05, 3.63) is 0 Å². The van der Waals surface area contributed by atoms with Gasteiger partial charge in [-0.1, -0.05) is 19.3 Å². The van der Waals surface area contributed by atoms with Gasteiger partial charge in [0.15, 0.2) is 0 Å². The molecule has 2 aliphatic rings. The van der Waals surface area contributed by atoms with E-state index < -0.39 is 0 Å². The highest BCUT2D eigenvalue weighted by molar-refractivity contribution is 5.76. The van der Waals surface area contributed by atoms with E-state index in [1.165, 1.54) is 32.1 Å². The van der Waals surface area contributed by atoms with E-state index in [4.69, 9.17) is 5.73 Å². The molecule has 98 valence electrons. The summed E-state index contributed by atoms with van der Waals surface area (Å²) in [7, 11) is 0. The Morgan fingerprint density at radius 1 is 1.12 bits per heavy atom. The summed E-state index contributed by atoms with van der Waals surface area (Å²) in [5.74, 6) is 1.22. The summed E-state index contributed by atoms with van der Waals surface area (Å²) in [5, 5.41) is 0. The number of nitrogens with zero attached hydrogens (tertiary/aromatic N) is 1. The number of fused-ring (bicyclic) bond motifs is 1. The molecule has 0 aromatic rings. The number of carbonyl (C=O) groups is 1. The molecule has 1 amide bonds. The number of carbonyl (C=O) groups excluding carboxylic acids is 1. The largest absolute Gasteiger partial charge is 0.339 e. The van der Waals surface area contributed by atoms with Gasteiger partial charge in [0, 0.05) is 19.0 Å². The molecule has 0 radical (unpaired) electrons. The summed E-state index contributed by atoms with van der Waals surface area (Å²) < 4.78 is 0. The predicted octanol–water partition coefficient (Wildman–Crippen LogP) is 2.30. The van der Waals surface area contributed by atoms with Gasteiger partial charge in [0.2, 0.25) is 5.91 Å². The third-order valence-corrected chi connectivity index (χ3v) is 4.43. The van der Waals surface area contributed by atoms with Gasteiger partial charge in [0.1, 0.15) is 0 Å². The number of nitrogens with two attached hydrogens (primary N) is 1. The second-order valence-electron chi connectivity index (χ2n) is 5.59. The fourth-order valence-corrected chi connectivity index (χ4v) is 3.46. The van der Waals surface area contributed by atoms with Crippen LogP contribution in [0.2, 0.25) is 0 Å². The summed E-state index contributed by atoms with van der Waals surface area (Å²) >= 11 is 0. The zero-order valence-corrected chi connectivity index (χ0v) is 10.9. The van der Waals surface area contributed by atoms with Crippen LogP contribution in [-0.2, 0) is 4.79 Å². The van der Waals surface area contributed by atoms with Crippen LogP contribution in [0.5, 0.6) is 0 Å². The molecule has 2 rings (SSSR count). The number of amides is 1. The van der Waals surface area contributed by atoms with Crippen molar-refractivity contribution < 1.29 is 4.79 Å². The molecule has 0 bridgehead atoms. The maximum atomic E-state index is 12.2. The van der Waals surface area contributed by atoms with Crippen LogP contribution >= 0.6 is 0 Å². The zero-order valence-electron chi connectivity index (χ0n) is 10.9. The van der Waals surface area contributed by atoms with Crippen molar-refractivity contribution in [2.24, 2.45) is 11.7 Å². The first-order valence-corrected chi connectivity index (χ1v) is 7.32. The van der Waals surface area contributed by atoms with E-state index in [1.807, 2.05) is 0 Å². The number of hydrogen-bond donors (Lipinski definition) is 1. The molecule has 2 N–H and O–H groups in total. The second-order valence-corrected chi connectivity index (χ2v) is 5.59. The third-order valence-electron chi connectivity index (χ3n) is 4.43. The fourth-order valence-electron chi connectivity index (χ4n) is 3.46. The van der Waals surface area contributed by atoms with Crippen LogP contribution < -0.4 is 5.73 Å². The summed E-state index contributed by atoms with van der Waals surface area (Å²) in [6, 6.07) is 0.589. The Hall–Kier alpha value is -0.570. The van der Waals surface area contributed by atoms with Crippen LogP contribution in [0.25, 0.3) is 0 Å². The highest BCUT2D eigenvalue weighted by Gasteiger charge is 2.37. The molecule has 3 heteroatoms. The van der Waals surface area contributed by atoms with E-state index in [9.17, 15) is 4.79 Å². The Bertz CT molecular complexity index is 255. The molecular weight excluding hydrogens is 212 g/mol. The van der Waals surface area contributed by atoms with Crippen LogP contribution in [0.4, 0.5) is 0 Å². The smallest absolute Gasteiger partial charge is 0.222 e. The van der Waals surface area contributed by atoms with Gasteiger partial charge < -0.3 is 10.6 Å². The Morgan fingerprint density at radius 3 is 2.76 bits per heavy atom. The first kappa shape index (κ1) is 12.9. The Kier molecular flexibility index (Phi) is 4.84. The van der Waals surface area contributed by atoms with Crippen molar-refractivity contribution >= 4 is 5.91 Å². The van der Waals surface area contributed by atoms with Crippen LogP contribution in [0.15, 0.2) is 0 Å². The SMILES string of the molecule is NCCCCCC(=O)N1CCC2CCCCC21. The molecule has 1 aliphatic carbocycles. The highest BCUT2D eigenvalue weighted by atomic mass is 16.2. The number of rotatable bonds is 5. The average molecular weight is 238 g/mol. The lowest BCUT2D eigenvalue weighted by atomic mass is 9.85. The average Bonchev–Trinajstić information content (AvgIpc) is 2.78. The molecule has 1 aliphatic heterocycles. The maximum absolute atomic E-state index is 12.2. The van der Waals surface area contributed by atoms with E-state index in [-0.39, 0.29) is 0 Å². The molecule has 1 saturated carbocycles. The number of hydrogen-bond acceptors (Lipinski definition) is 2. The number of unbranched alkanes of at least 4 members (excludes halogenated alkanes) is 2. The minimum Gasteiger partial charge on any atom is -0.339 e. The van der Waals surface area contributed by atoms with Gasteiger partial charge in [0.25, 0.3) is 0 Å². The van der Waals surface area contributed by atoms with Crippen molar-refractivity contribution in [1.29, 1.82) is 0 Å². The lowest BCUT2D eigenvalue weighted by Gasteiger charge is -2.31. The molecular formula is C14H26N2O. The van der Waals surface area contributed by atoms with Crippen LogP contribution in [0.1, 0.15) is 57.8 Å². The van der Waals surface area contributed by atoms with Gasteiger partial charge in [-0.3, -0.25) is 4.79 Å². The van der Waals surface area contributed by atoms with E-state index in [0.717, 1.165) is 44.7 Å². The van der Waals surface area contributed by atoms with Gasteiger partial charge in [0.05, 0.1) is 0 Å². The molecule has 0 aromatic carbocycles. The lowest BCUT2D eigenvalue weighted by molar-refractivity contribution is -0.132. The van der Waals surface area contributed by atoms with Crippen molar-refractivity contribution in [1.82, 2.24) is 4.90 Å². The van der Waals surface area contributed by atoms with E-state index in [0.29, 0.717) is 11.9 Å². The summed E-state index contributed by atoms with van der Waals surface area (Å²) in [4.78, 5) is 14.3. The Balaban J connectivity index is 1.75. The minimum absolute atomic E-state index is 0.399. The Morgan fingerprint density at radius 2 is 1.94 bits per heavy atom. The molecule has 1 saturated heterocycles. The van der Waals surface area contributed by atoms with Gasteiger partial charge in [-0.25, -0.2) is 0 Å². The number of likely N-dealkylation sites (tertiary alicyclic amines) is 1. The molecule has 0 spiro atoms. The van der Waals surface area contributed by atoms with Gasteiger partial charge in [-0.05, 0) is 44.6 Å². The topological polar surface area (TPSA) is 46.3 Å². The van der Waals surface area contributed by atoms with Gasteiger partial charge >= 0.3 is 0 Å². The third kappa shape index (κ3) is 3.21. The normalized spacial score (nSPS) is 28.2. The molecule has 2 fully saturated rings. The summed E-state index contributed by atoms with van der Waals surface area (Å²) in [6.45, 7) is 1.77. The predicted molar refractivity (Wildman–Crippen MR) is 69.6 cm³/mol. The van der Waals surface area contributed by atoms with Crippen LogP contribution in [0, 0.1) is 5.92 Å². The van der Waals surface area contributed by atoms with Crippen molar-refractivity contribution in [3.63, 3.8) is 0 Å². The lowest BCUT2D eigenvalue weighted by Crippen LogP contribution is -2.39. The minimum atomic E-state index is 0.399. The second kappa shape index (κ2) is 6.39. The monoisotopic (exact) mass is 238 g/mol. The zero-order chi connectivity index (χ0) is 12.1. The molecule has 1 heterocycles. The van der Waals surface area contributed by atoms with Gasteiger partial charge in [-0.15, -0.1) is 0 Å². The molecule has 3 nitrogen and oxygen atoms in total. The Labute approximate surface area is 105 Å². The van der Waals surface area contributed by atoms with Crippen molar-refractivity contribution in [2.45, 2.75) is 63.8 Å². The standard InChI is InChI=1S/C14H26N2O/c15-10-5-1-2-8-14(17)16-11-9-12-6-3-4-7-13(12)16/h12-13H,1-11,15H2. The van der Waals surface area contributed by atoms with Crippen molar-refractivity contribution in [3.8, 4) is 0 Å². The fraction of sp³-hybridized carbons (Fsp3) is 0.929. The summed E-state index contributed by atoms with van der Waals surface area (Å²) in [6.07, 6.45) is 10.5. The van der Waals surface area contributed by atoms with E-state index in [2.05, 4.69) is 4.90 Å². The van der Waals surface area contributed by atoms with E-state index in [1.54, 1.807) is 0 Å². The highest BCUT2D eigenvalue weighted by Crippen LogP contribution is 2.36. The first-order chi connectivity index (χ1) is 8.33. The van der Waals surface area contributed by atoms with Gasteiger partial charge in [-0.2, -0.15) is 0 Å². The first-order valence-electron chi connectivity index (χ1n) is 7.32. The molecule has 2 atom stereocenters. The molecule has 17 heavy (non-hydrogen) atoms. The maximum Gasteiger partial charge on any atom is 0.222 e. The quantitative estimate of drug-likeness (QED) is 0.747.